The first kappa shape index (κ1) is 36.9. The van der Waals surface area contributed by atoms with E-state index in [4.69, 9.17) is 24.2 Å². The fraction of sp³-hybridized carbons (Fsp3) is 0.441. The van der Waals surface area contributed by atoms with Crippen LogP contribution in [-0.4, -0.2) is 120 Å². The SMILES string of the molecule is N#CSc1ccc(CC2COCCN(Cc3cccc(C(=O)O)n3)CCOCCOCCN(Cc3cccc(C(=O)O)n3)CCO2)cc1. The molecule has 4 rings (SSSR count). The van der Waals surface area contributed by atoms with E-state index < -0.39 is 11.9 Å². The standard InChI is InChI=1S/C34H41N5O8S/c35-25-48-30-9-7-26(8-10-30)21-29-24-46-17-13-38(22-27-3-1-5-31(36-27)33(40)41)11-15-44-19-20-45-16-12-39(14-18-47-29)23-28-4-2-6-32(37-28)34(42)43/h1-10,29H,11-24H2,(H,40,41)(H,42,43). The zero-order valence-corrected chi connectivity index (χ0v) is 27.6. The zero-order chi connectivity index (χ0) is 34.0. The number of benzene rings is 1. The molecule has 0 spiro atoms. The fourth-order valence-electron chi connectivity index (χ4n) is 5.01. The van der Waals surface area contributed by atoms with E-state index in [0.29, 0.717) is 103 Å². The maximum Gasteiger partial charge on any atom is 0.354 e. The number of ether oxygens (including phenoxy) is 4. The molecule has 2 N–H and O–H groups in total. The lowest BCUT2D eigenvalue weighted by atomic mass is 10.1. The molecule has 1 unspecified atom stereocenters. The molecule has 13 nitrogen and oxygen atoms in total. The van der Waals surface area contributed by atoms with Crippen LogP contribution in [0.3, 0.4) is 0 Å². The average molecular weight is 680 g/mol. The smallest absolute Gasteiger partial charge is 0.354 e. The topological polar surface area (TPSA) is 168 Å². The Morgan fingerprint density at radius 1 is 0.750 bits per heavy atom. The van der Waals surface area contributed by atoms with E-state index in [1.807, 2.05) is 24.3 Å². The molecule has 0 bridgehead atoms. The molecule has 1 aliphatic heterocycles. The Hall–Kier alpha value is -3.94. The van der Waals surface area contributed by atoms with Crippen LogP contribution >= 0.6 is 11.8 Å². The van der Waals surface area contributed by atoms with Gasteiger partial charge in [-0.3, -0.25) is 9.80 Å². The van der Waals surface area contributed by atoms with Gasteiger partial charge in [-0.05, 0) is 53.7 Å². The highest BCUT2D eigenvalue weighted by Gasteiger charge is 2.16. The molecular formula is C34H41N5O8S. The minimum absolute atomic E-state index is 0.00129. The van der Waals surface area contributed by atoms with Gasteiger partial charge in [0.1, 0.15) is 16.8 Å². The van der Waals surface area contributed by atoms with Gasteiger partial charge in [0.15, 0.2) is 0 Å². The number of aromatic carboxylic acids is 2. The number of rotatable bonds is 9. The van der Waals surface area contributed by atoms with Crippen LogP contribution < -0.4 is 0 Å². The second-order valence-electron chi connectivity index (χ2n) is 11.0. The normalized spacial score (nSPS) is 18.3. The number of hydrogen-bond acceptors (Lipinski definition) is 12. The van der Waals surface area contributed by atoms with Crippen molar-refractivity contribution in [2.45, 2.75) is 30.5 Å². The molecule has 256 valence electrons. The predicted molar refractivity (Wildman–Crippen MR) is 177 cm³/mol. The Kier molecular flexibility index (Phi) is 15.7. The van der Waals surface area contributed by atoms with Crippen molar-refractivity contribution in [1.82, 2.24) is 19.8 Å². The van der Waals surface area contributed by atoms with Gasteiger partial charge in [-0.2, -0.15) is 5.26 Å². The Morgan fingerprint density at radius 3 is 1.79 bits per heavy atom. The van der Waals surface area contributed by atoms with Gasteiger partial charge in [-0.15, -0.1) is 0 Å². The number of carboxylic acid groups (broad SMARTS) is 2. The number of carbonyl (C=O) groups is 2. The highest BCUT2D eigenvalue weighted by Crippen LogP contribution is 2.18. The molecule has 0 saturated carbocycles. The van der Waals surface area contributed by atoms with Crippen molar-refractivity contribution >= 4 is 23.7 Å². The summed E-state index contributed by atoms with van der Waals surface area (Å²) in [5, 5.41) is 29.8. The highest BCUT2D eigenvalue weighted by atomic mass is 32.2. The number of thioether (sulfide) groups is 1. The monoisotopic (exact) mass is 679 g/mol. The van der Waals surface area contributed by atoms with Gasteiger partial charge in [0, 0.05) is 50.6 Å². The Labute approximate surface area is 284 Å². The number of aromatic nitrogens is 2. The van der Waals surface area contributed by atoms with Crippen LogP contribution in [0, 0.1) is 10.7 Å². The third-order valence-corrected chi connectivity index (χ3v) is 8.06. The van der Waals surface area contributed by atoms with Gasteiger partial charge in [-0.1, -0.05) is 24.3 Å². The number of carboxylic acids is 2. The largest absolute Gasteiger partial charge is 0.477 e. The molecule has 0 amide bonds. The molecule has 1 fully saturated rings. The summed E-state index contributed by atoms with van der Waals surface area (Å²) in [6, 6.07) is 17.7. The van der Waals surface area contributed by atoms with Crippen molar-refractivity contribution in [3.63, 3.8) is 0 Å². The van der Waals surface area contributed by atoms with Gasteiger partial charge >= 0.3 is 11.9 Å². The lowest BCUT2D eigenvalue weighted by Gasteiger charge is -2.25. The number of nitriles is 1. The molecule has 14 heteroatoms. The lowest BCUT2D eigenvalue weighted by Crippen LogP contribution is -2.35. The summed E-state index contributed by atoms with van der Waals surface area (Å²) < 4.78 is 24.2. The van der Waals surface area contributed by atoms with Crippen LogP contribution in [0.25, 0.3) is 0 Å². The fourth-order valence-corrected chi connectivity index (χ4v) is 5.39. The van der Waals surface area contributed by atoms with Crippen LogP contribution in [0.4, 0.5) is 0 Å². The summed E-state index contributed by atoms with van der Waals surface area (Å²) in [5.74, 6) is -2.14. The number of pyridine rings is 2. The molecule has 1 atom stereocenters. The maximum absolute atomic E-state index is 11.5. The van der Waals surface area contributed by atoms with Crippen molar-refractivity contribution in [2.24, 2.45) is 0 Å². The van der Waals surface area contributed by atoms with Crippen LogP contribution in [-0.2, 0) is 38.5 Å². The van der Waals surface area contributed by atoms with E-state index >= 15 is 0 Å². The summed E-state index contributed by atoms with van der Waals surface area (Å²) in [6.45, 7) is 6.06. The van der Waals surface area contributed by atoms with Crippen molar-refractivity contribution in [1.29, 1.82) is 5.26 Å². The van der Waals surface area contributed by atoms with E-state index in [2.05, 4.69) is 25.2 Å². The molecule has 3 heterocycles. The maximum atomic E-state index is 11.5. The van der Waals surface area contributed by atoms with Crippen LogP contribution in [0.2, 0.25) is 0 Å². The number of hydrogen-bond donors (Lipinski definition) is 2. The second-order valence-corrected chi connectivity index (χ2v) is 11.9. The summed E-state index contributed by atoms with van der Waals surface area (Å²) in [6.07, 6.45) is 0.349. The third kappa shape index (κ3) is 13.3. The van der Waals surface area contributed by atoms with Crippen molar-refractivity contribution < 1.29 is 38.7 Å². The van der Waals surface area contributed by atoms with Gasteiger partial charge < -0.3 is 29.2 Å². The predicted octanol–water partition coefficient (Wildman–Crippen LogP) is 3.44. The molecule has 48 heavy (non-hydrogen) atoms. The molecular weight excluding hydrogens is 638 g/mol. The van der Waals surface area contributed by atoms with Gasteiger partial charge in [0.2, 0.25) is 0 Å². The van der Waals surface area contributed by atoms with Crippen LogP contribution in [0.15, 0.2) is 65.6 Å². The van der Waals surface area contributed by atoms with E-state index in [1.54, 1.807) is 24.3 Å². The molecule has 0 radical (unpaired) electrons. The molecule has 0 aliphatic carbocycles. The van der Waals surface area contributed by atoms with Crippen LogP contribution in [0.1, 0.15) is 37.9 Å². The zero-order valence-electron chi connectivity index (χ0n) is 26.7. The molecule has 2 aromatic heterocycles. The van der Waals surface area contributed by atoms with Gasteiger partial charge in [-0.25, -0.2) is 19.6 Å². The second kappa shape index (κ2) is 20.4. The van der Waals surface area contributed by atoms with Crippen molar-refractivity contribution in [3.8, 4) is 5.40 Å². The van der Waals surface area contributed by atoms with E-state index in [0.717, 1.165) is 22.2 Å². The molecule has 3 aromatic rings. The summed E-state index contributed by atoms with van der Waals surface area (Å²) >= 11 is 1.11. The molecule has 1 aliphatic rings. The summed E-state index contributed by atoms with van der Waals surface area (Å²) in [7, 11) is 0. The minimum atomic E-state index is -1.07. The summed E-state index contributed by atoms with van der Waals surface area (Å²) in [5.41, 5.74) is 2.34. The van der Waals surface area contributed by atoms with E-state index in [1.165, 1.54) is 12.1 Å². The van der Waals surface area contributed by atoms with E-state index in [-0.39, 0.29) is 17.5 Å². The van der Waals surface area contributed by atoms with E-state index in [9.17, 15) is 19.8 Å². The third-order valence-electron chi connectivity index (χ3n) is 7.47. The van der Waals surface area contributed by atoms with Crippen LogP contribution in [0.5, 0.6) is 0 Å². The average Bonchev–Trinajstić information content (AvgIpc) is 3.08. The van der Waals surface area contributed by atoms with Crippen molar-refractivity contribution in [3.05, 3.63) is 89.0 Å². The van der Waals surface area contributed by atoms with Gasteiger partial charge in [0.25, 0.3) is 0 Å². The molecule has 1 saturated heterocycles. The number of thiocyanates is 1. The Balaban J connectivity index is 1.42. The highest BCUT2D eigenvalue weighted by molar-refractivity contribution is 8.03. The first-order valence-corrected chi connectivity index (χ1v) is 16.5. The first-order valence-electron chi connectivity index (χ1n) is 15.7. The Bertz CT molecular complexity index is 1490. The quantitative estimate of drug-likeness (QED) is 0.249. The van der Waals surface area contributed by atoms with Gasteiger partial charge in [0.05, 0.1) is 63.7 Å². The lowest BCUT2D eigenvalue weighted by molar-refractivity contribution is -0.0328. The number of nitrogens with zero attached hydrogens (tertiary/aromatic N) is 5. The first-order chi connectivity index (χ1) is 23.4. The molecule has 1 aromatic carbocycles. The van der Waals surface area contributed by atoms with Crippen molar-refractivity contribution in [2.75, 3.05) is 72.4 Å². The minimum Gasteiger partial charge on any atom is -0.477 e. The Morgan fingerprint density at radius 2 is 1.27 bits per heavy atom. The summed E-state index contributed by atoms with van der Waals surface area (Å²) in [4.78, 5) is 36.5.